The maximum atomic E-state index is 5.97. The molecule has 27 heavy (non-hydrogen) atoms. The Balaban J connectivity index is 1.27. The van der Waals surface area contributed by atoms with Crippen molar-refractivity contribution in [1.29, 1.82) is 0 Å². The Kier molecular flexibility index (Phi) is 4.77. The zero-order valence-corrected chi connectivity index (χ0v) is 16.6. The summed E-state index contributed by atoms with van der Waals surface area (Å²) in [6.45, 7) is 7.20. The van der Waals surface area contributed by atoms with Gasteiger partial charge in [0.25, 0.3) is 0 Å². The molecule has 0 spiro atoms. The van der Waals surface area contributed by atoms with E-state index < -0.39 is 0 Å². The molecule has 0 aliphatic carbocycles. The van der Waals surface area contributed by atoms with Crippen LogP contribution in [-0.2, 0) is 4.74 Å². The number of imidazole rings is 1. The monoisotopic (exact) mass is 403 g/mol. The molecule has 142 valence electrons. The lowest BCUT2D eigenvalue weighted by Crippen LogP contribution is -2.39. The van der Waals surface area contributed by atoms with Crippen LogP contribution in [-0.4, -0.2) is 65.4 Å². The summed E-state index contributed by atoms with van der Waals surface area (Å²) in [6, 6.07) is 7.77. The highest BCUT2D eigenvalue weighted by molar-refractivity contribution is 7.20. The number of hydrogen-bond acceptors (Lipinski definition) is 6. The van der Waals surface area contributed by atoms with E-state index in [1.807, 2.05) is 35.0 Å². The molecule has 0 radical (unpaired) electrons. The molecule has 1 atom stereocenters. The molecular weight excluding hydrogens is 382 g/mol. The first kappa shape index (κ1) is 17.4. The molecule has 0 N–H and O–H groups in total. The minimum Gasteiger partial charge on any atom is -0.379 e. The molecule has 2 aliphatic rings. The average Bonchev–Trinajstić information content (AvgIpc) is 3.37. The molecular formula is C19H22ClN5OS. The fourth-order valence-electron chi connectivity index (χ4n) is 3.88. The number of morpholine rings is 1. The molecule has 8 heteroatoms. The molecule has 6 nitrogen and oxygen atoms in total. The summed E-state index contributed by atoms with van der Waals surface area (Å²) in [4.78, 5) is 10.6. The van der Waals surface area contributed by atoms with E-state index in [2.05, 4.69) is 9.80 Å². The van der Waals surface area contributed by atoms with E-state index in [1.54, 1.807) is 11.3 Å². The minimum atomic E-state index is 0.712. The van der Waals surface area contributed by atoms with Crippen molar-refractivity contribution in [3.05, 3.63) is 35.5 Å². The lowest BCUT2D eigenvalue weighted by Gasteiger charge is -2.28. The van der Waals surface area contributed by atoms with Gasteiger partial charge in [0.1, 0.15) is 0 Å². The fraction of sp³-hybridized carbons (Fsp3) is 0.474. The van der Waals surface area contributed by atoms with Crippen molar-refractivity contribution < 1.29 is 4.74 Å². The van der Waals surface area contributed by atoms with E-state index in [1.165, 1.54) is 13.0 Å². The third kappa shape index (κ3) is 3.69. The van der Waals surface area contributed by atoms with E-state index in [-0.39, 0.29) is 0 Å². The van der Waals surface area contributed by atoms with Gasteiger partial charge in [0.2, 0.25) is 10.1 Å². The topological polar surface area (TPSA) is 45.9 Å². The van der Waals surface area contributed by atoms with E-state index in [9.17, 15) is 0 Å². The molecule has 2 aromatic heterocycles. The zero-order valence-electron chi connectivity index (χ0n) is 15.1. The van der Waals surface area contributed by atoms with Gasteiger partial charge < -0.3 is 9.64 Å². The Hall–Kier alpha value is -1.67. The van der Waals surface area contributed by atoms with Crippen molar-refractivity contribution in [3.8, 4) is 11.3 Å². The number of hydrogen-bond donors (Lipinski definition) is 0. The summed E-state index contributed by atoms with van der Waals surface area (Å²) < 4.78 is 7.35. The Morgan fingerprint density at radius 3 is 2.74 bits per heavy atom. The van der Waals surface area contributed by atoms with Crippen molar-refractivity contribution in [2.75, 3.05) is 50.8 Å². The maximum absolute atomic E-state index is 5.97. The van der Waals surface area contributed by atoms with Crippen LogP contribution in [0.25, 0.3) is 16.2 Å². The highest BCUT2D eigenvalue weighted by atomic mass is 35.5. The first-order valence-electron chi connectivity index (χ1n) is 9.42. The molecule has 5 rings (SSSR count). The Morgan fingerprint density at radius 2 is 1.96 bits per heavy atom. The van der Waals surface area contributed by atoms with Crippen molar-refractivity contribution in [3.63, 3.8) is 0 Å². The van der Waals surface area contributed by atoms with Crippen LogP contribution in [0.15, 0.2) is 30.5 Å². The summed E-state index contributed by atoms with van der Waals surface area (Å²) in [5.74, 6) is 0.712. The standard InChI is InChI=1S/C19H22ClN5OS/c20-16-3-1-15(2-4-16)17-13-25-18(21-17)27-19(22-25)24-6-5-14(12-24)11-23-7-9-26-10-8-23/h1-4,13-14H,5-12H2. The fourth-order valence-corrected chi connectivity index (χ4v) is 4.93. The van der Waals surface area contributed by atoms with Crippen LogP contribution < -0.4 is 4.90 Å². The first-order valence-corrected chi connectivity index (χ1v) is 10.6. The van der Waals surface area contributed by atoms with Gasteiger partial charge in [0, 0.05) is 43.3 Å². The lowest BCUT2D eigenvalue weighted by molar-refractivity contribution is 0.0320. The average molecular weight is 404 g/mol. The molecule has 0 saturated carbocycles. The van der Waals surface area contributed by atoms with E-state index in [4.69, 9.17) is 26.4 Å². The van der Waals surface area contributed by atoms with E-state index in [0.717, 1.165) is 65.8 Å². The maximum Gasteiger partial charge on any atom is 0.214 e. The van der Waals surface area contributed by atoms with Crippen LogP contribution in [0.3, 0.4) is 0 Å². The summed E-state index contributed by atoms with van der Waals surface area (Å²) in [5, 5.41) is 6.59. The van der Waals surface area contributed by atoms with E-state index in [0.29, 0.717) is 5.92 Å². The van der Waals surface area contributed by atoms with Gasteiger partial charge in [-0.05, 0) is 24.5 Å². The molecule has 0 bridgehead atoms. The highest BCUT2D eigenvalue weighted by Crippen LogP contribution is 2.30. The van der Waals surface area contributed by atoms with Crippen molar-refractivity contribution in [2.45, 2.75) is 6.42 Å². The number of benzene rings is 1. The van der Waals surface area contributed by atoms with Crippen LogP contribution in [0.1, 0.15) is 6.42 Å². The summed E-state index contributed by atoms with van der Waals surface area (Å²) >= 11 is 7.64. The van der Waals surface area contributed by atoms with Crippen molar-refractivity contribution in [1.82, 2.24) is 19.5 Å². The number of aromatic nitrogens is 3. The normalized spacial score (nSPS) is 21.4. The van der Waals surface area contributed by atoms with Gasteiger partial charge in [-0.3, -0.25) is 4.90 Å². The Morgan fingerprint density at radius 1 is 1.15 bits per heavy atom. The molecule has 2 fully saturated rings. The Bertz CT molecular complexity index is 886. The van der Waals surface area contributed by atoms with Crippen LogP contribution in [0.2, 0.25) is 5.02 Å². The second-order valence-corrected chi connectivity index (χ2v) is 8.63. The smallest absolute Gasteiger partial charge is 0.214 e. The summed E-state index contributed by atoms with van der Waals surface area (Å²) in [6.07, 6.45) is 3.23. The van der Waals surface area contributed by atoms with Crippen LogP contribution >= 0.6 is 22.9 Å². The quantitative estimate of drug-likeness (QED) is 0.669. The second kappa shape index (κ2) is 7.39. The molecule has 1 aromatic carbocycles. The Labute approximate surface area is 167 Å². The van der Waals surface area contributed by atoms with E-state index >= 15 is 0 Å². The number of rotatable bonds is 4. The van der Waals surface area contributed by atoms with Crippen molar-refractivity contribution in [2.24, 2.45) is 5.92 Å². The molecule has 2 aliphatic heterocycles. The van der Waals surface area contributed by atoms with Gasteiger partial charge in [-0.25, -0.2) is 9.50 Å². The molecule has 4 heterocycles. The number of nitrogens with zero attached hydrogens (tertiary/aromatic N) is 5. The SMILES string of the molecule is Clc1ccc(-c2cn3nc(N4CCC(CN5CCOCC5)C4)sc3n2)cc1. The van der Waals surface area contributed by atoms with Crippen LogP contribution in [0, 0.1) is 5.92 Å². The zero-order chi connectivity index (χ0) is 18.2. The van der Waals surface area contributed by atoms with Crippen LogP contribution in [0.5, 0.6) is 0 Å². The molecule has 0 amide bonds. The third-order valence-electron chi connectivity index (χ3n) is 5.35. The third-order valence-corrected chi connectivity index (χ3v) is 6.58. The molecule has 1 unspecified atom stereocenters. The van der Waals surface area contributed by atoms with Gasteiger partial charge >= 0.3 is 0 Å². The summed E-state index contributed by atoms with van der Waals surface area (Å²) in [5.41, 5.74) is 1.99. The molecule has 2 saturated heterocycles. The predicted molar refractivity (Wildman–Crippen MR) is 109 cm³/mol. The number of ether oxygens (including phenoxy) is 1. The van der Waals surface area contributed by atoms with Gasteiger partial charge in [-0.2, -0.15) is 0 Å². The summed E-state index contributed by atoms with van der Waals surface area (Å²) in [7, 11) is 0. The van der Waals surface area contributed by atoms with Gasteiger partial charge in [0.05, 0.1) is 25.1 Å². The molecule has 3 aromatic rings. The van der Waals surface area contributed by atoms with Crippen LogP contribution in [0.4, 0.5) is 5.13 Å². The van der Waals surface area contributed by atoms with Gasteiger partial charge in [-0.15, -0.1) is 5.10 Å². The van der Waals surface area contributed by atoms with Gasteiger partial charge in [-0.1, -0.05) is 35.1 Å². The number of fused-ring (bicyclic) bond motifs is 1. The predicted octanol–water partition coefficient (Wildman–Crippen LogP) is 3.27. The van der Waals surface area contributed by atoms with Gasteiger partial charge in [0.15, 0.2) is 0 Å². The second-order valence-electron chi connectivity index (χ2n) is 7.26. The first-order chi connectivity index (χ1) is 13.2. The number of halogens is 1. The highest BCUT2D eigenvalue weighted by Gasteiger charge is 2.27. The lowest BCUT2D eigenvalue weighted by atomic mass is 10.1. The minimum absolute atomic E-state index is 0.712. The largest absolute Gasteiger partial charge is 0.379 e. The number of anilines is 1. The van der Waals surface area contributed by atoms with Crippen molar-refractivity contribution >= 4 is 33.0 Å².